The third-order valence-electron chi connectivity index (χ3n) is 5.01. The third kappa shape index (κ3) is 4.78. The number of aromatic nitrogens is 1. The first-order chi connectivity index (χ1) is 15.1. The zero-order chi connectivity index (χ0) is 21.6. The fourth-order valence-corrected chi connectivity index (χ4v) is 3.36. The Morgan fingerprint density at radius 3 is 2.00 bits per heavy atom. The zero-order valence-corrected chi connectivity index (χ0v) is 17.1. The van der Waals surface area contributed by atoms with Crippen LogP contribution in [0.2, 0.25) is 0 Å². The van der Waals surface area contributed by atoms with Crippen LogP contribution in [-0.2, 0) is 9.53 Å². The molecular weight excluding hydrogens is 388 g/mol. The Labute approximate surface area is 180 Å². The van der Waals surface area contributed by atoms with Crippen molar-refractivity contribution in [1.29, 1.82) is 0 Å². The molecule has 5 heteroatoms. The number of esters is 1. The summed E-state index contributed by atoms with van der Waals surface area (Å²) in [6.07, 6.45) is -0.976. The summed E-state index contributed by atoms with van der Waals surface area (Å²) in [6.45, 7) is 1.56. The van der Waals surface area contributed by atoms with E-state index in [0.29, 0.717) is 5.52 Å². The van der Waals surface area contributed by atoms with Crippen LogP contribution in [0.15, 0.2) is 97.1 Å². The molecule has 1 heterocycles. The number of pyridine rings is 1. The fraction of sp³-hybridized carbons (Fsp3) is 0.115. The Balaban J connectivity index is 1.49. The number of amides is 1. The first-order valence-electron chi connectivity index (χ1n) is 10.1. The molecule has 0 bridgehead atoms. The minimum absolute atomic E-state index is 0.168. The molecule has 1 atom stereocenters. The molecule has 1 N–H and O–H groups in total. The Bertz CT molecular complexity index is 1150. The maximum atomic E-state index is 12.9. The van der Waals surface area contributed by atoms with Crippen molar-refractivity contribution in [2.45, 2.75) is 19.1 Å². The highest BCUT2D eigenvalue weighted by Crippen LogP contribution is 2.22. The molecule has 0 saturated heterocycles. The number of nitrogens with zero attached hydrogens (tertiary/aromatic N) is 1. The molecule has 0 fully saturated rings. The Morgan fingerprint density at radius 2 is 1.35 bits per heavy atom. The van der Waals surface area contributed by atoms with Crippen molar-refractivity contribution < 1.29 is 14.3 Å². The highest BCUT2D eigenvalue weighted by atomic mass is 16.5. The highest BCUT2D eigenvalue weighted by Gasteiger charge is 2.24. The van der Waals surface area contributed by atoms with Gasteiger partial charge in [-0.2, -0.15) is 0 Å². The number of ether oxygens (including phenoxy) is 1. The monoisotopic (exact) mass is 410 g/mol. The van der Waals surface area contributed by atoms with Crippen LogP contribution in [0.3, 0.4) is 0 Å². The summed E-state index contributed by atoms with van der Waals surface area (Å²) in [5, 5.41) is 3.93. The van der Waals surface area contributed by atoms with Crippen molar-refractivity contribution in [3.05, 3.63) is 114 Å². The van der Waals surface area contributed by atoms with Crippen LogP contribution < -0.4 is 5.32 Å². The number of benzene rings is 3. The lowest BCUT2D eigenvalue weighted by molar-refractivity contribution is -0.129. The standard InChI is InChI=1S/C26H22N2O3/c1-18(31-26(30)23-17-16-19-10-8-9-15-22(19)27-23)25(29)28-24(20-11-4-2-5-12-20)21-13-6-3-7-14-21/h2-18,24H,1H3,(H,28,29)/t18-/m1/s1. The topological polar surface area (TPSA) is 68.3 Å². The molecule has 0 unspecified atom stereocenters. The molecule has 3 aromatic carbocycles. The molecule has 154 valence electrons. The lowest BCUT2D eigenvalue weighted by Gasteiger charge is -2.22. The van der Waals surface area contributed by atoms with E-state index in [0.717, 1.165) is 16.5 Å². The van der Waals surface area contributed by atoms with E-state index in [1.165, 1.54) is 0 Å². The number of rotatable bonds is 6. The van der Waals surface area contributed by atoms with E-state index in [2.05, 4.69) is 10.3 Å². The number of fused-ring (bicyclic) bond motifs is 1. The van der Waals surface area contributed by atoms with Crippen LogP contribution in [0.5, 0.6) is 0 Å². The molecule has 0 aliphatic carbocycles. The van der Waals surface area contributed by atoms with E-state index in [9.17, 15) is 9.59 Å². The zero-order valence-electron chi connectivity index (χ0n) is 17.1. The number of para-hydroxylation sites is 1. The second-order valence-electron chi connectivity index (χ2n) is 7.20. The predicted octanol–water partition coefficient (Wildman–Crippen LogP) is 4.69. The molecular formula is C26H22N2O3. The van der Waals surface area contributed by atoms with Gasteiger partial charge in [-0.3, -0.25) is 4.79 Å². The van der Waals surface area contributed by atoms with Crippen LogP contribution in [0, 0.1) is 0 Å². The molecule has 5 nitrogen and oxygen atoms in total. The summed E-state index contributed by atoms with van der Waals surface area (Å²) in [5.41, 5.74) is 2.75. The minimum Gasteiger partial charge on any atom is -0.448 e. The van der Waals surface area contributed by atoms with E-state index in [4.69, 9.17) is 4.74 Å². The average Bonchev–Trinajstić information content (AvgIpc) is 2.83. The maximum absolute atomic E-state index is 12.9. The van der Waals surface area contributed by atoms with Crippen molar-refractivity contribution >= 4 is 22.8 Å². The van der Waals surface area contributed by atoms with Crippen molar-refractivity contribution in [3.8, 4) is 0 Å². The van der Waals surface area contributed by atoms with Gasteiger partial charge in [-0.25, -0.2) is 9.78 Å². The Kier molecular flexibility index (Phi) is 6.03. The number of hydrogen-bond acceptors (Lipinski definition) is 4. The number of hydrogen-bond donors (Lipinski definition) is 1. The highest BCUT2D eigenvalue weighted by molar-refractivity contribution is 5.93. The van der Waals surface area contributed by atoms with Crippen LogP contribution in [0.25, 0.3) is 10.9 Å². The largest absolute Gasteiger partial charge is 0.448 e. The Hall–Kier alpha value is -3.99. The second kappa shape index (κ2) is 9.22. The SMILES string of the molecule is C[C@@H](OC(=O)c1ccc2ccccc2n1)C(=O)NC(c1ccccc1)c1ccccc1. The third-order valence-corrected chi connectivity index (χ3v) is 5.01. The van der Waals surface area contributed by atoms with Crippen molar-refractivity contribution in [2.24, 2.45) is 0 Å². The van der Waals surface area contributed by atoms with Gasteiger partial charge in [0.1, 0.15) is 5.69 Å². The normalized spacial score (nSPS) is 11.8. The average molecular weight is 410 g/mol. The molecule has 31 heavy (non-hydrogen) atoms. The van der Waals surface area contributed by atoms with Gasteiger partial charge in [0, 0.05) is 5.39 Å². The molecule has 0 aliphatic heterocycles. The fourth-order valence-electron chi connectivity index (χ4n) is 3.36. The van der Waals surface area contributed by atoms with Crippen molar-refractivity contribution in [3.63, 3.8) is 0 Å². The van der Waals surface area contributed by atoms with E-state index >= 15 is 0 Å². The van der Waals surface area contributed by atoms with Gasteiger partial charge in [0.05, 0.1) is 11.6 Å². The van der Waals surface area contributed by atoms with Gasteiger partial charge in [-0.15, -0.1) is 0 Å². The van der Waals surface area contributed by atoms with Crippen LogP contribution in [-0.4, -0.2) is 23.0 Å². The molecule has 1 amide bonds. The van der Waals surface area contributed by atoms with Crippen LogP contribution >= 0.6 is 0 Å². The quantitative estimate of drug-likeness (QED) is 0.469. The van der Waals surface area contributed by atoms with E-state index in [1.807, 2.05) is 91.0 Å². The number of carbonyl (C=O) groups excluding carboxylic acids is 2. The Morgan fingerprint density at radius 1 is 0.774 bits per heavy atom. The lowest BCUT2D eigenvalue weighted by Crippen LogP contribution is -2.38. The molecule has 0 radical (unpaired) electrons. The van der Waals surface area contributed by atoms with Gasteiger partial charge in [0.2, 0.25) is 0 Å². The summed E-state index contributed by atoms with van der Waals surface area (Å²) >= 11 is 0. The number of nitrogens with one attached hydrogen (secondary N) is 1. The van der Waals surface area contributed by atoms with Gasteiger partial charge in [-0.1, -0.05) is 84.9 Å². The molecule has 0 aliphatic rings. The van der Waals surface area contributed by atoms with E-state index in [-0.39, 0.29) is 17.6 Å². The number of carbonyl (C=O) groups is 2. The molecule has 0 saturated carbocycles. The van der Waals surface area contributed by atoms with E-state index in [1.54, 1.807) is 13.0 Å². The maximum Gasteiger partial charge on any atom is 0.357 e. The smallest absolute Gasteiger partial charge is 0.357 e. The van der Waals surface area contributed by atoms with Crippen LogP contribution in [0.1, 0.15) is 34.6 Å². The van der Waals surface area contributed by atoms with Crippen molar-refractivity contribution in [1.82, 2.24) is 10.3 Å². The molecule has 1 aromatic heterocycles. The summed E-state index contributed by atoms with van der Waals surface area (Å²) in [7, 11) is 0. The molecule has 4 aromatic rings. The first kappa shape index (κ1) is 20.3. The van der Waals surface area contributed by atoms with Gasteiger partial charge in [0.15, 0.2) is 6.10 Å². The van der Waals surface area contributed by atoms with Gasteiger partial charge in [-0.05, 0) is 30.2 Å². The van der Waals surface area contributed by atoms with Gasteiger partial charge >= 0.3 is 5.97 Å². The summed E-state index contributed by atoms with van der Waals surface area (Å²) in [5.74, 6) is -1.02. The summed E-state index contributed by atoms with van der Waals surface area (Å²) in [4.78, 5) is 29.8. The van der Waals surface area contributed by atoms with Crippen molar-refractivity contribution in [2.75, 3.05) is 0 Å². The molecule has 0 spiro atoms. The van der Waals surface area contributed by atoms with Gasteiger partial charge < -0.3 is 10.1 Å². The minimum atomic E-state index is -0.976. The van der Waals surface area contributed by atoms with Gasteiger partial charge in [0.25, 0.3) is 5.91 Å². The first-order valence-corrected chi connectivity index (χ1v) is 10.1. The summed E-state index contributed by atoms with van der Waals surface area (Å²) in [6, 6.07) is 29.9. The predicted molar refractivity (Wildman–Crippen MR) is 119 cm³/mol. The lowest BCUT2D eigenvalue weighted by atomic mass is 9.98. The van der Waals surface area contributed by atoms with E-state index < -0.39 is 12.1 Å². The molecule has 4 rings (SSSR count). The second-order valence-corrected chi connectivity index (χ2v) is 7.20. The van der Waals surface area contributed by atoms with Crippen LogP contribution in [0.4, 0.5) is 0 Å². The summed E-state index contributed by atoms with van der Waals surface area (Å²) < 4.78 is 5.41.